The van der Waals surface area contributed by atoms with Crippen LogP contribution in [-0.2, 0) is 11.3 Å². The highest BCUT2D eigenvalue weighted by Gasteiger charge is 2.23. The standard InChI is InChI=1S/C15H22N2O2/c1-3-8-17(14-9-16-10-14)11-12-4-6-13(7-5-12)15(18)19-2/h4-7,14,16H,3,8-11H2,1-2H3. The highest BCUT2D eigenvalue weighted by Crippen LogP contribution is 2.13. The van der Waals surface area contributed by atoms with Gasteiger partial charge >= 0.3 is 5.97 Å². The molecule has 2 rings (SSSR count). The van der Waals surface area contributed by atoms with E-state index in [1.54, 1.807) is 0 Å². The normalized spacial score (nSPS) is 15.3. The summed E-state index contributed by atoms with van der Waals surface area (Å²) < 4.78 is 4.70. The number of hydrogen-bond donors (Lipinski definition) is 1. The van der Waals surface area contributed by atoms with Gasteiger partial charge in [-0.2, -0.15) is 0 Å². The number of rotatable bonds is 6. The van der Waals surface area contributed by atoms with E-state index < -0.39 is 0 Å². The molecule has 4 heteroatoms. The first kappa shape index (κ1) is 14.0. The summed E-state index contributed by atoms with van der Waals surface area (Å²) in [5.74, 6) is -0.278. The third-order valence-corrected chi connectivity index (χ3v) is 3.55. The quantitative estimate of drug-likeness (QED) is 0.792. The number of esters is 1. The van der Waals surface area contributed by atoms with Gasteiger partial charge in [0.25, 0.3) is 0 Å². The molecule has 0 aromatic heterocycles. The summed E-state index contributed by atoms with van der Waals surface area (Å²) in [7, 11) is 1.41. The Kier molecular flexibility index (Phi) is 4.93. The number of carbonyl (C=O) groups excluding carboxylic acids is 1. The van der Waals surface area contributed by atoms with Gasteiger partial charge in [-0.05, 0) is 30.7 Å². The first-order chi connectivity index (χ1) is 9.24. The van der Waals surface area contributed by atoms with Crippen molar-refractivity contribution < 1.29 is 9.53 Å². The number of nitrogens with zero attached hydrogens (tertiary/aromatic N) is 1. The molecule has 0 saturated carbocycles. The number of ether oxygens (including phenoxy) is 1. The van der Waals surface area contributed by atoms with Gasteiger partial charge in [0.2, 0.25) is 0 Å². The SMILES string of the molecule is CCCN(Cc1ccc(C(=O)OC)cc1)C1CNC1. The Morgan fingerprint density at radius 3 is 2.53 bits per heavy atom. The average Bonchev–Trinajstić information content (AvgIpc) is 2.37. The van der Waals surface area contributed by atoms with E-state index in [-0.39, 0.29) is 5.97 Å². The number of benzene rings is 1. The zero-order valence-electron chi connectivity index (χ0n) is 11.7. The Morgan fingerprint density at radius 1 is 1.37 bits per heavy atom. The van der Waals surface area contributed by atoms with Gasteiger partial charge in [0.05, 0.1) is 12.7 Å². The van der Waals surface area contributed by atoms with E-state index in [1.165, 1.54) is 12.7 Å². The van der Waals surface area contributed by atoms with Gasteiger partial charge in [0, 0.05) is 25.7 Å². The molecule has 1 aliphatic rings. The van der Waals surface area contributed by atoms with Crippen LogP contribution in [0.4, 0.5) is 0 Å². The molecule has 19 heavy (non-hydrogen) atoms. The zero-order valence-corrected chi connectivity index (χ0v) is 11.7. The molecule has 1 aromatic rings. The zero-order chi connectivity index (χ0) is 13.7. The van der Waals surface area contributed by atoms with Gasteiger partial charge in [0.1, 0.15) is 0 Å². The van der Waals surface area contributed by atoms with Crippen LogP contribution >= 0.6 is 0 Å². The predicted molar refractivity (Wildman–Crippen MR) is 75.1 cm³/mol. The predicted octanol–water partition coefficient (Wildman–Crippen LogP) is 1.66. The van der Waals surface area contributed by atoms with E-state index in [2.05, 4.69) is 17.1 Å². The molecule has 1 saturated heterocycles. The Balaban J connectivity index is 1.98. The minimum Gasteiger partial charge on any atom is -0.465 e. The number of methoxy groups -OCH3 is 1. The number of nitrogens with one attached hydrogen (secondary N) is 1. The molecular formula is C15H22N2O2. The van der Waals surface area contributed by atoms with Crippen molar-refractivity contribution in [3.63, 3.8) is 0 Å². The van der Waals surface area contributed by atoms with Crippen molar-refractivity contribution >= 4 is 5.97 Å². The molecule has 1 N–H and O–H groups in total. The van der Waals surface area contributed by atoms with Crippen molar-refractivity contribution in [1.29, 1.82) is 0 Å². The van der Waals surface area contributed by atoms with Crippen molar-refractivity contribution in [2.24, 2.45) is 0 Å². The molecule has 4 nitrogen and oxygen atoms in total. The van der Waals surface area contributed by atoms with E-state index >= 15 is 0 Å². The molecule has 1 aliphatic heterocycles. The number of hydrogen-bond acceptors (Lipinski definition) is 4. The molecule has 0 unspecified atom stereocenters. The van der Waals surface area contributed by atoms with Crippen LogP contribution in [0.1, 0.15) is 29.3 Å². The van der Waals surface area contributed by atoms with Crippen molar-refractivity contribution in [2.75, 3.05) is 26.7 Å². The highest BCUT2D eigenvalue weighted by atomic mass is 16.5. The smallest absolute Gasteiger partial charge is 0.337 e. The van der Waals surface area contributed by atoms with E-state index in [0.717, 1.165) is 32.6 Å². The van der Waals surface area contributed by atoms with Crippen molar-refractivity contribution in [3.8, 4) is 0 Å². The fraction of sp³-hybridized carbons (Fsp3) is 0.533. The van der Waals surface area contributed by atoms with Crippen LogP contribution in [-0.4, -0.2) is 43.7 Å². The Morgan fingerprint density at radius 2 is 2.05 bits per heavy atom. The molecule has 0 amide bonds. The maximum Gasteiger partial charge on any atom is 0.337 e. The molecule has 1 aromatic carbocycles. The molecule has 104 valence electrons. The monoisotopic (exact) mass is 262 g/mol. The van der Waals surface area contributed by atoms with Crippen molar-refractivity contribution in [1.82, 2.24) is 10.2 Å². The van der Waals surface area contributed by atoms with E-state index in [4.69, 9.17) is 4.74 Å². The highest BCUT2D eigenvalue weighted by molar-refractivity contribution is 5.89. The van der Waals surface area contributed by atoms with Gasteiger partial charge in [-0.25, -0.2) is 4.79 Å². The van der Waals surface area contributed by atoms with Gasteiger partial charge in [-0.15, -0.1) is 0 Å². The van der Waals surface area contributed by atoms with Crippen LogP contribution in [0, 0.1) is 0 Å². The van der Waals surface area contributed by atoms with Crippen LogP contribution in [0.15, 0.2) is 24.3 Å². The minimum atomic E-state index is -0.278. The molecule has 0 bridgehead atoms. The lowest BCUT2D eigenvalue weighted by Gasteiger charge is -2.38. The summed E-state index contributed by atoms with van der Waals surface area (Å²) in [6.07, 6.45) is 1.16. The summed E-state index contributed by atoms with van der Waals surface area (Å²) in [6, 6.07) is 8.36. The Bertz CT molecular complexity index is 413. The maximum atomic E-state index is 11.4. The third kappa shape index (κ3) is 3.55. The van der Waals surface area contributed by atoms with Gasteiger partial charge in [0.15, 0.2) is 0 Å². The second-order valence-electron chi connectivity index (χ2n) is 4.97. The first-order valence-electron chi connectivity index (χ1n) is 6.86. The molecule has 1 fully saturated rings. The summed E-state index contributed by atoms with van der Waals surface area (Å²) in [5.41, 5.74) is 1.85. The maximum absolute atomic E-state index is 11.4. The lowest BCUT2D eigenvalue weighted by Crippen LogP contribution is -2.56. The molecular weight excluding hydrogens is 240 g/mol. The Hall–Kier alpha value is -1.39. The Labute approximate surface area is 114 Å². The molecule has 0 aliphatic carbocycles. The summed E-state index contributed by atoms with van der Waals surface area (Å²) >= 11 is 0. The van der Waals surface area contributed by atoms with Crippen LogP contribution < -0.4 is 5.32 Å². The largest absolute Gasteiger partial charge is 0.465 e. The average molecular weight is 262 g/mol. The molecule has 0 atom stereocenters. The van der Waals surface area contributed by atoms with Crippen molar-refractivity contribution in [2.45, 2.75) is 25.9 Å². The van der Waals surface area contributed by atoms with E-state index in [9.17, 15) is 4.79 Å². The second-order valence-corrected chi connectivity index (χ2v) is 4.97. The summed E-state index contributed by atoms with van der Waals surface area (Å²) in [5, 5.41) is 3.31. The van der Waals surface area contributed by atoms with Gasteiger partial charge < -0.3 is 10.1 Å². The summed E-state index contributed by atoms with van der Waals surface area (Å²) in [4.78, 5) is 13.9. The molecule has 1 heterocycles. The first-order valence-corrected chi connectivity index (χ1v) is 6.86. The number of carbonyl (C=O) groups is 1. The van der Waals surface area contributed by atoms with Gasteiger partial charge in [-0.1, -0.05) is 19.1 Å². The van der Waals surface area contributed by atoms with Crippen LogP contribution in [0.5, 0.6) is 0 Å². The fourth-order valence-corrected chi connectivity index (χ4v) is 2.31. The van der Waals surface area contributed by atoms with Crippen LogP contribution in [0.25, 0.3) is 0 Å². The lowest BCUT2D eigenvalue weighted by molar-refractivity contribution is 0.0600. The topological polar surface area (TPSA) is 41.6 Å². The van der Waals surface area contributed by atoms with E-state index in [1.807, 2.05) is 24.3 Å². The van der Waals surface area contributed by atoms with Crippen molar-refractivity contribution in [3.05, 3.63) is 35.4 Å². The lowest BCUT2D eigenvalue weighted by atomic mass is 10.1. The molecule has 0 radical (unpaired) electrons. The minimum absolute atomic E-state index is 0.278. The van der Waals surface area contributed by atoms with Gasteiger partial charge in [-0.3, -0.25) is 4.90 Å². The third-order valence-electron chi connectivity index (χ3n) is 3.55. The second kappa shape index (κ2) is 6.68. The van der Waals surface area contributed by atoms with E-state index in [0.29, 0.717) is 11.6 Å². The van der Waals surface area contributed by atoms with Crippen LogP contribution in [0.2, 0.25) is 0 Å². The fourth-order valence-electron chi connectivity index (χ4n) is 2.31. The summed E-state index contributed by atoms with van der Waals surface area (Å²) in [6.45, 7) is 6.44. The van der Waals surface area contributed by atoms with Crippen LogP contribution in [0.3, 0.4) is 0 Å². The molecule has 0 spiro atoms.